The Kier molecular flexibility index (Phi) is 5.43. The number of nitrogens with one attached hydrogen (secondary N) is 2. The number of piperidine rings is 1. The topological polar surface area (TPSA) is 70.7 Å². The highest BCUT2D eigenvalue weighted by atomic mass is 16.5. The Balaban J connectivity index is 1.99. The molecule has 0 saturated carbocycles. The van der Waals surface area contributed by atoms with Crippen LogP contribution >= 0.6 is 0 Å². The van der Waals surface area contributed by atoms with E-state index in [1.165, 1.54) is 26.4 Å². The number of alkyl carbamates (subject to hydrolysis) is 1. The summed E-state index contributed by atoms with van der Waals surface area (Å²) in [4.78, 5) is 25.1. The van der Waals surface area contributed by atoms with E-state index in [4.69, 9.17) is 0 Å². The molecule has 2 N–H and O–H groups in total. The van der Waals surface area contributed by atoms with Gasteiger partial charge in [-0.05, 0) is 31.4 Å². The molecule has 0 spiro atoms. The molecule has 21 heavy (non-hydrogen) atoms. The van der Waals surface area contributed by atoms with E-state index in [1.807, 2.05) is 24.3 Å². The van der Waals surface area contributed by atoms with Gasteiger partial charge in [-0.15, -0.1) is 0 Å². The maximum atomic E-state index is 11.9. The SMILES string of the molecule is COC(=O)NCC(=O)Nc1ccccc1N1CCCCC1. The highest BCUT2D eigenvalue weighted by molar-refractivity contribution is 5.96. The van der Waals surface area contributed by atoms with Crippen molar-refractivity contribution < 1.29 is 14.3 Å². The fourth-order valence-corrected chi connectivity index (χ4v) is 2.41. The monoisotopic (exact) mass is 291 g/mol. The van der Waals surface area contributed by atoms with Gasteiger partial charge in [-0.25, -0.2) is 4.79 Å². The molecule has 0 aromatic heterocycles. The first-order valence-electron chi connectivity index (χ1n) is 7.16. The molecular weight excluding hydrogens is 270 g/mol. The van der Waals surface area contributed by atoms with E-state index in [0.29, 0.717) is 0 Å². The van der Waals surface area contributed by atoms with Crippen molar-refractivity contribution in [3.63, 3.8) is 0 Å². The molecule has 0 atom stereocenters. The summed E-state index contributed by atoms with van der Waals surface area (Å²) < 4.78 is 4.43. The molecule has 1 aliphatic rings. The Morgan fingerprint density at radius 3 is 2.62 bits per heavy atom. The van der Waals surface area contributed by atoms with Crippen LogP contribution in [0.1, 0.15) is 19.3 Å². The van der Waals surface area contributed by atoms with Gasteiger partial charge in [0.15, 0.2) is 0 Å². The third-order valence-corrected chi connectivity index (χ3v) is 3.45. The van der Waals surface area contributed by atoms with Crippen molar-refractivity contribution in [1.29, 1.82) is 0 Å². The number of para-hydroxylation sites is 2. The van der Waals surface area contributed by atoms with Crippen molar-refractivity contribution in [2.45, 2.75) is 19.3 Å². The Morgan fingerprint density at radius 2 is 1.90 bits per heavy atom. The lowest BCUT2D eigenvalue weighted by atomic mass is 10.1. The Bertz CT molecular complexity index is 499. The predicted octanol–water partition coefficient (Wildman–Crippen LogP) is 1.97. The molecule has 1 aliphatic heterocycles. The van der Waals surface area contributed by atoms with Gasteiger partial charge in [-0.1, -0.05) is 12.1 Å². The molecule has 2 amide bonds. The molecule has 1 saturated heterocycles. The fraction of sp³-hybridized carbons (Fsp3) is 0.467. The molecule has 1 aromatic rings. The van der Waals surface area contributed by atoms with E-state index in [9.17, 15) is 9.59 Å². The van der Waals surface area contributed by atoms with Crippen LogP contribution in [0.5, 0.6) is 0 Å². The second-order valence-electron chi connectivity index (χ2n) is 4.96. The molecule has 1 heterocycles. The number of anilines is 2. The van der Waals surface area contributed by atoms with Crippen LogP contribution < -0.4 is 15.5 Å². The van der Waals surface area contributed by atoms with Crippen LogP contribution in [-0.2, 0) is 9.53 Å². The first-order valence-corrected chi connectivity index (χ1v) is 7.16. The minimum absolute atomic E-state index is 0.110. The summed E-state index contributed by atoms with van der Waals surface area (Å²) in [7, 11) is 1.26. The minimum Gasteiger partial charge on any atom is -0.453 e. The summed E-state index contributed by atoms with van der Waals surface area (Å²) in [6, 6.07) is 7.73. The normalized spacial score (nSPS) is 14.4. The van der Waals surface area contributed by atoms with Gasteiger partial charge in [0.05, 0.1) is 18.5 Å². The first kappa shape index (κ1) is 15.2. The average Bonchev–Trinajstić information content (AvgIpc) is 2.54. The number of hydrogen-bond acceptors (Lipinski definition) is 4. The highest BCUT2D eigenvalue weighted by Gasteiger charge is 2.15. The van der Waals surface area contributed by atoms with E-state index in [1.54, 1.807) is 0 Å². The number of benzene rings is 1. The molecule has 0 unspecified atom stereocenters. The molecule has 6 heteroatoms. The van der Waals surface area contributed by atoms with Crippen LogP contribution in [0.15, 0.2) is 24.3 Å². The lowest BCUT2D eigenvalue weighted by Gasteiger charge is -2.30. The maximum absolute atomic E-state index is 11.9. The Labute approximate surface area is 124 Å². The quantitative estimate of drug-likeness (QED) is 0.890. The summed E-state index contributed by atoms with van der Waals surface area (Å²) in [5, 5.41) is 5.20. The van der Waals surface area contributed by atoms with E-state index >= 15 is 0 Å². The molecule has 0 radical (unpaired) electrons. The van der Waals surface area contributed by atoms with Crippen LogP contribution in [0.3, 0.4) is 0 Å². The van der Waals surface area contributed by atoms with Gasteiger partial charge in [0.2, 0.25) is 5.91 Å². The number of amides is 2. The number of rotatable bonds is 4. The molecular formula is C15H21N3O3. The average molecular weight is 291 g/mol. The van der Waals surface area contributed by atoms with Crippen molar-refractivity contribution in [3.05, 3.63) is 24.3 Å². The van der Waals surface area contributed by atoms with Crippen LogP contribution in [0.4, 0.5) is 16.2 Å². The third-order valence-electron chi connectivity index (χ3n) is 3.45. The first-order chi connectivity index (χ1) is 10.2. The van der Waals surface area contributed by atoms with Crippen LogP contribution in [0, 0.1) is 0 Å². The van der Waals surface area contributed by atoms with E-state index in [2.05, 4.69) is 20.3 Å². The van der Waals surface area contributed by atoms with Crippen LogP contribution in [-0.4, -0.2) is 38.7 Å². The number of hydrogen-bond donors (Lipinski definition) is 2. The second-order valence-corrected chi connectivity index (χ2v) is 4.96. The summed E-state index contributed by atoms with van der Waals surface area (Å²) in [5.74, 6) is -0.273. The second kappa shape index (κ2) is 7.52. The lowest BCUT2D eigenvalue weighted by Crippen LogP contribution is -2.34. The zero-order valence-electron chi connectivity index (χ0n) is 12.2. The molecule has 2 rings (SSSR count). The predicted molar refractivity (Wildman–Crippen MR) is 81.5 cm³/mol. The molecule has 0 bridgehead atoms. The minimum atomic E-state index is -0.616. The smallest absolute Gasteiger partial charge is 0.407 e. The largest absolute Gasteiger partial charge is 0.453 e. The zero-order valence-corrected chi connectivity index (χ0v) is 12.2. The summed E-state index contributed by atoms with van der Waals surface area (Å²) in [6.45, 7) is 1.90. The molecule has 6 nitrogen and oxygen atoms in total. The third kappa shape index (κ3) is 4.37. The van der Waals surface area contributed by atoms with Gasteiger partial charge in [0.25, 0.3) is 0 Å². The lowest BCUT2D eigenvalue weighted by molar-refractivity contribution is -0.115. The van der Waals surface area contributed by atoms with E-state index in [-0.39, 0.29) is 12.5 Å². The maximum Gasteiger partial charge on any atom is 0.407 e. The van der Waals surface area contributed by atoms with Crippen molar-refractivity contribution in [2.75, 3.05) is 37.0 Å². The number of ether oxygens (including phenoxy) is 1. The summed E-state index contributed by atoms with van der Waals surface area (Å²) in [5.41, 5.74) is 1.81. The fourth-order valence-electron chi connectivity index (χ4n) is 2.41. The summed E-state index contributed by atoms with van der Waals surface area (Å²) in [6.07, 6.45) is 2.99. The van der Waals surface area contributed by atoms with Crippen molar-refractivity contribution in [3.8, 4) is 0 Å². The Morgan fingerprint density at radius 1 is 1.19 bits per heavy atom. The standard InChI is InChI=1S/C15H21N3O3/c1-21-15(20)16-11-14(19)17-12-7-3-4-8-13(12)18-9-5-2-6-10-18/h3-4,7-8H,2,5-6,9-11H2,1H3,(H,16,20)(H,17,19). The van der Waals surface area contributed by atoms with Crippen LogP contribution in [0.2, 0.25) is 0 Å². The van der Waals surface area contributed by atoms with Crippen molar-refractivity contribution >= 4 is 23.4 Å². The number of carbonyl (C=O) groups excluding carboxylic acids is 2. The van der Waals surface area contributed by atoms with Gasteiger partial charge >= 0.3 is 6.09 Å². The van der Waals surface area contributed by atoms with Gasteiger partial charge in [-0.3, -0.25) is 4.79 Å². The van der Waals surface area contributed by atoms with Gasteiger partial charge in [-0.2, -0.15) is 0 Å². The highest BCUT2D eigenvalue weighted by Crippen LogP contribution is 2.28. The molecule has 0 aliphatic carbocycles. The van der Waals surface area contributed by atoms with E-state index in [0.717, 1.165) is 24.5 Å². The Hall–Kier alpha value is -2.24. The zero-order chi connectivity index (χ0) is 15.1. The molecule has 1 fully saturated rings. The molecule has 114 valence electrons. The van der Waals surface area contributed by atoms with Crippen molar-refractivity contribution in [1.82, 2.24) is 5.32 Å². The van der Waals surface area contributed by atoms with E-state index < -0.39 is 6.09 Å². The van der Waals surface area contributed by atoms with Gasteiger partial charge in [0.1, 0.15) is 6.54 Å². The van der Waals surface area contributed by atoms with Crippen molar-refractivity contribution in [2.24, 2.45) is 0 Å². The number of carbonyl (C=O) groups is 2. The van der Waals surface area contributed by atoms with Gasteiger partial charge < -0.3 is 20.3 Å². The number of nitrogens with zero attached hydrogens (tertiary/aromatic N) is 1. The number of methoxy groups -OCH3 is 1. The summed E-state index contributed by atoms with van der Waals surface area (Å²) >= 11 is 0. The van der Waals surface area contributed by atoms with Gasteiger partial charge in [0, 0.05) is 13.1 Å². The molecule has 1 aromatic carbocycles. The van der Waals surface area contributed by atoms with Crippen LogP contribution in [0.25, 0.3) is 0 Å².